The fraction of sp³-hybridized carbons (Fsp3) is 0.400. The van der Waals surface area contributed by atoms with Gasteiger partial charge in [-0.15, -0.1) is 0 Å². The van der Waals surface area contributed by atoms with Crippen LogP contribution in [-0.4, -0.2) is 36.6 Å². The lowest BCUT2D eigenvalue weighted by Gasteiger charge is -2.34. The van der Waals surface area contributed by atoms with Crippen molar-refractivity contribution in [3.8, 4) is 11.5 Å². The molecule has 0 unspecified atom stereocenters. The van der Waals surface area contributed by atoms with Gasteiger partial charge in [0.25, 0.3) is 0 Å². The number of anilines is 3. The molecule has 0 aliphatic carbocycles. The molecule has 3 aliphatic rings. The number of nitrogens with zero attached hydrogens (tertiary/aromatic N) is 1. The second-order valence-corrected chi connectivity index (χ2v) is 12.4. The van der Waals surface area contributed by atoms with E-state index in [-0.39, 0.29) is 0 Å². The predicted octanol–water partition coefficient (Wildman–Crippen LogP) is 5.86. The largest absolute Gasteiger partial charge is 0.494 e. The maximum Gasteiger partial charge on any atom is 0.494 e. The molecule has 2 saturated heterocycles. The van der Waals surface area contributed by atoms with E-state index in [1.807, 2.05) is 42.5 Å². The number of hydrogen-bond acceptors (Lipinski definition) is 6. The first-order valence-electron chi connectivity index (χ1n) is 13.3. The Morgan fingerprint density at radius 3 is 1.32 bits per heavy atom. The molecule has 3 aromatic rings. The third kappa shape index (κ3) is 3.97. The van der Waals surface area contributed by atoms with Gasteiger partial charge in [0.1, 0.15) is 0 Å². The van der Waals surface area contributed by atoms with Crippen LogP contribution in [0.1, 0.15) is 55.4 Å². The average molecular weight is 511 g/mol. The molecule has 196 valence electrons. The van der Waals surface area contributed by atoms with Gasteiger partial charge in [0.2, 0.25) is 0 Å². The van der Waals surface area contributed by atoms with Crippen LogP contribution >= 0.6 is 0 Å². The zero-order valence-electron chi connectivity index (χ0n) is 23.5. The fourth-order valence-corrected chi connectivity index (χ4v) is 4.95. The van der Waals surface area contributed by atoms with Crippen LogP contribution in [-0.2, 0) is 18.6 Å². The minimum Gasteiger partial charge on any atom is -0.453 e. The summed E-state index contributed by atoms with van der Waals surface area (Å²) in [6.45, 7) is 16.5. The summed E-state index contributed by atoms with van der Waals surface area (Å²) in [5.41, 5.74) is 3.05. The van der Waals surface area contributed by atoms with Crippen LogP contribution < -0.4 is 20.6 Å². The topological polar surface area (TPSA) is 49.4 Å². The van der Waals surface area contributed by atoms with Gasteiger partial charge < -0.3 is 28.3 Å². The van der Waals surface area contributed by atoms with Gasteiger partial charge >= 0.3 is 14.2 Å². The number of fused-ring (bicyclic) bond motifs is 2. The van der Waals surface area contributed by atoms with Crippen LogP contribution in [0.5, 0.6) is 11.5 Å². The highest BCUT2D eigenvalue weighted by atomic mass is 16.7. The Kier molecular flexibility index (Phi) is 5.61. The SMILES string of the molecule is CC1(C)OB(c2ccc3c(c2)N(c2ccccc2)c2cc(B4OC(C)(C)C(C)(C)O4)ccc2O3)OC1(C)C. The van der Waals surface area contributed by atoms with Crippen molar-refractivity contribution in [2.75, 3.05) is 4.90 Å². The van der Waals surface area contributed by atoms with Gasteiger partial charge in [-0.05, 0) is 103 Å². The normalized spacial score (nSPS) is 22.2. The molecular formula is C30H35B2NO5. The van der Waals surface area contributed by atoms with Crippen molar-refractivity contribution in [3.63, 3.8) is 0 Å². The van der Waals surface area contributed by atoms with Crippen molar-refractivity contribution in [2.24, 2.45) is 0 Å². The Bertz CT molecular complexity index is 1270. The number of hydrogen-bond donors (Lipinski definition) is 0. The van der Waals surface area contributed by atoms with Crippen molar-refractivity contribution in [1.29, 1.82) is 0 Å². The molecule has 38 heavy (non-hydrogen) atoms. The molecular weight excluding hydrogens is 476 g/mol. The van der Waals surface area contributed by atoms with Crippen molar-refractivity contribution in [1.82, 2.24) is 0 Å². The van der Waals surface area contributed by atoms with Crippen molar-refractivity contribution >= 4 is 42.2 Å². The minimum atomic E-state index is -0.472. The van der Waals surface area contributed by atoms with Crippen molar-refractivity contribution < 1.29 is 23.4 Å². The first kappa shape index (κ1) is 25.5. The highest BCUT2D eigenvalue weighted by Crippen LogP contribution is 2.50. The van der Waals surface area contributed by atoms with E-state index in [0.29, 0.717) is 0 Å². The summed E-state index contributed by atoms with van der Waals surface area (Å²) in [7, 11) is -0.944. The summed E-state index contributed by atoms with van der Waals surface area (Å²) in [4.78, 5) is 2.22. The molecule has 0 aromatic heterocycles. The van der Waals surface area contributed by atoms with Crippen LogP contribution in [0.4, 0.5) is 17.1 Å². The second kappa shape index (κ2) is 8.36. The summed E-state index contributed by atoms with van der Waals surface area (Å²) >= 11 is 0. The van der Waals surface area contributed by atoms with Crippen molar-refractivity contribution in [3.05, 3.63) is 66.7 Å². The lowest BCUT2D eigenvalue weighted by molar-refractivity contribution is 0.00578. The standard InChI is InChI=1S/C30H35B2NO5/c1-27(2)28(3,4)36-31(35-27)20-14-16-25-23(18-20)33(22-12-10-9-11-13-22)24-19-21(15-17-26(24)34-25)32-37-29(5,6)30(7,8)38-32/h9-19H,1-8H3. The molecule has 0 saturated carbocycles. The summed E-state index contributed by atoms with van der Waals surface area (Å²) < 4.78 is 31.9. The van der Waals surface area contributed by atoms with Gasteiger partial charge in [0.05, 0.1) is 33.8 Å². The second-order valence-electron chi connectivity index (χ2n) is 12.4. The lowest BCUT2D eigenvalue weighted by Crippen LogP contribution is -2.41. The number of benzene rings is 3. The zero-order valence-corrected chi connectivity index (χ0v) is 23.5. The van der Waals surface area contributed by atoms with Gasteiger partial charge in [-0.1, -0.05) is 30.3 Å². The Morgan fingerprint density at radius 2 is 0.921 bits per heavy atom. The van der Waals surface area contributed by atoms with E-state index in [4.69, 9.17) is 23.4 Å². The van der Waals surface area contributed by atoms with Gasteiger partial charge in [-0.25, -0.2) is 0 Å². The quantitative estimate of drug-likeness (QED) is 0.322. The van der Waals surface area contributed by atoms with E-state index in [1.54, 1.807) is 0 Å². The van der Waals surface area contributed by atoms with E-state index >= 15 is 0 Å². The zero-order chi connectivity index (χ0) is 27.1. The first-order valence-corrected chi connectivity index (χ1v) is 13.3. The molecule has 0 spiro atoms. The summed E-state index contributed by atoms with van der Waals surface area (Å²) in [6, 6.07) is 22.6. The Morgan fingerprint density at radius 1 is 0.526 bits per heavy atom. The van der Waals surface area contributed by atoms with Gasteiger partial charge in [-0.3, -0.25) is 0 Å². The molecule has 0 radical (unpaired) electrons. The van der Waals surface area contributed by atoms with Crippen molar-refractivity contribution in [2.45, 2.75) is 77.8 Å². The van der Waals surface area contributed by atoms with E-state index < -0.39 is 36.6 Å². The maximum atomic E-state index is 6.42. The van der Waals surface area contributed by atoms with Crippen LogP contribution in [0, 0.1) is 0 Å². The van der Waals surface area contributed by atoms with Gasteiger partial charge in [-0.2, -0.15) is 0 Å². The van der Waals surface area contributed by atoms with Crippen LogP contribution in [0.15, 0.2) is 66.7 Å². The number of para-hydroxylation sites is 1. The molecule has 0 bridgehead atoms. The molecule has 6 rings (SSSR count). The van der Waals surface area contributed by atoms with Crippen LogP contribution in [0.3, 0.4) is 0 Å². The summed E-state index contributed by atoms with van der Waals surface area (Å²) in [5, 5.41) is 0. The molecule has 2 fully saturated rings. The molecule has 0 amide bonds. The van der Waals surface area contributed by atoms with E-state index in [1.165, 1.54) is 0 Å². The number of rotatable bonds is 3. The Balaban J connectivity index is 1.43. The monoisotopic (exact) mass is 511 g/mol. The van der Waals surface area contributed by atoms with E-state index in [9.17, 15) is 0 Å². The van der Waals surface area contributed by atoms with E-state index in [2.05, 4.69) is 84.6 Å². The third-order valence-corrected chi connectivity index (χ3v) is 8.73. The third-order valence-electron chi connectivity index (χ3n) is 8.73. The lowest BCUT2D eigenvalue weighted by atomic mass is 9.78. The van der Waals surface area contributed by atoms with Crippen LogP contribution in [0.25, 0.3) is 0 Å². The van der Waals surface area contributed by atoms with Gasteiger partial charge in [0, 0.05) is 5.69 Å². The predicted molar refractivity (Wildman–Crippen MR) is 153 cm³/mol. The van der Waals surface area contributed by atoms with Crippen LogP contribution in [0.2, 0.25) is 0 Å². The highest BCUT2D eigenvalue weighted by molar-refractivity contribution is 6.62. The first-order chi connectivity index (χ1) is 17.8. The van der Waals surface area contributed by atoms with E-state index in [0.717, 1.165) is 39.5 Å². The molecule has 0 atom stereocenters. The molecule has 3 aromatic carbocycles. The summed E-state index contributed by atoms with van der Waals surface area (Å²) in [6.07, 6.45) is 0. The molecule has 3 heterocycles. The highest BCUT2D eigenvalue weighted by Gasteiger charge is 2.53. The molecule has 6 nitrogen and oxygen atoms in total. The van der Waals surface area contributed by atoms with Gasteiger partial charge in [0.15, 0.2) is 11.5 Å². The smallest absolute Gasteiger partial charge is 0.453 e. The minimum absolute atomic E-state index is 0.423. The molecule has 3 aliphatic heterocycles. The maximum absolute atomic E-state index is 6.42. The Hall–Kier alpha value is -2.77. The fourth-order valence-electron chi connectivity index (χ4n) is 4.95. The molecule has 8 heteroatoms. The molecule has 0 N–H and O–H groups in total. The summed E-state index contributed by atoms with van der Waals surface area (Å²) in [5.74, 6) is 1.54. The Labute approximate surface area is 226 Å². The average Bonchev–Trinajstić information content (AvgIpc) is 3.21. The number of ether oxygens (including phenoxy) is 1.